The van der Waals surface area contributed by atoms with Crippen LogP contribution in [0.25, 0.3) is 0 Å². The van der Waals surface area contributed by atoms with E-state index in [1.807, 2.05) is 13.8 Å². The van der Waals surface area contributed by atoms with E-state index >= 15 is 0 Å². The molecular formula is C22H26N2O5. The number of amides is 2. The van der Waals surface area contributed by atoms with Crippen LogP contribution < -0.4 is 14.8 Å². The smallest absolute Gasteiger partial charge is 0.337 e. The van der Waals surface area contributed by atoms with E-state index in [0.717, 1.165) is 11.3 Å². The van der Waals surface area contributed by atoms with Crippen LogP contribution in [0.3, 0.4) is 0 Å². The minimum Gasteiger partial charge on any atom is -0.497 e. The summed E-state index contributed by atoms with van der Waals surface area (Å²) in [5.41, 5.74) is 1.94. The van der Waals surface area contributed by atoms with Crippen molar-refractivity contribution in [3.8, 4) is 11.5 Å². The van der Waals surface area contributed by atoms with Crippen LogP contribution in [0, 0.1) is 5.92 Å². The van der Waals surface area contributed by atoms with Gasteiger partial charge < -0.3 is 24.4 Å². The van der Waals surface area contributed by atoms with Crippen molar-refractivity contribution < 1.29 is 23.8 Å². The summed E-state index contributed by atoms with van der Waals surface area (Å²) in [6.45, 7) is 4.89. The summed E-state index contributed by atoms with van der Waals surface area (Å²) < 4.78 is 16.1. The van der Waals surface area contributed by atoms with Gasteiger partial charge in [-0.15, -0.1) is 0 Å². The van der Waals surface area contributed by atoms with Crippen molar-refractivity contribution >= 4 is 17.7 Å². The summed E-state index contributed by atoms with van der Waals surface area (Å²) in [6, 6.07) is 12.1. The lowest BCUT2D eigenvalue weighted by molar-refractivity contribution is 0.0599. The molecule has 29 heavy (non-hydrogen) atoms. The lowest BCUT2D eigenvalue weighted by atomic mass is 10.1. The number of rotatable bonds is 4. The van der Waals surface area contributed by atoms with Gasteiger partial charge in [-0.1, -0.05) is 19.9 Å². The molecule has 1 N–H and O–H groups in total. The summed E-state index contributed by atoms with van der Waals surface area (Å²) in [6.07, 6.45) is -0.203. The molecule has 154 valence electrons. The van der Waals surface area contributed by atoms with Gasteiger partial charge in [-0.3, -0.25) is 0 Å². The Morgan fingerprint density at radius 3 is 2.48 bits per heavy atom. The number of urea groups is 1. The van der Waals surface area contributed by atoms with Gasteiger partial charge in [0.1, 0.15) is 17.6 Å². The van der Waals surface area contributed by atoms with Crippen LogP contribution in [0.5, 0.6) is 11.5 Å². The molecule has 1 atom stereocenters. The average molecular weight is 398 g/mol. The van der Waals surface area contributed by atoms with Crippen LogP contribution in [-0.4, -0.2) is 43.8 Å². The molecule has 7 heteroatoms. The highest BCUT2D eigenvalue weighted by Gasteiger charge is 2.28. The first-order valence-electron chi connectivity index (χ1n) is 9.49. The third kappa shape index (κ3) is 4.80. The Kier molecular flexibility index (Phi) is 6.26. The molecule has 0 bridgehead atoms. The number of hydrogen-bond donors (Lipinski definition) is 1. The van der Waals surface area contributed by atoms with Crippen LogP contribution in [0.1, 0.15) is 29.8 Å². The first-order chi connectivity index (χ1) is 13.9. The molecule has 0 spiro atoms. The molecule has 1 aliphatic rings. The number of fused-ring (bicyclic) bond motifs is 1. The highest BCUT2D eigenvalue weighted by atomic mass is 16.5. The number of carbonyl (C=O) groups is 2. The summed E-state index contributed by atoms with van der Waals surface area (Å²) in [5, 5.41) is 2.92. The summed E-state index contributed by atoms with van der Waals surface area (Å²) >= 11 is 0. The Hall–Kier alpha value is -3.22. The van der Waals surface area contributed by atoms with Crippen molar-refractivity contribution in [2.45, 2.75) is 26.5 Å². The predicted octanol–water partition coefficient (Wildman–Crippen LogP) is 3.93. The summed E-state index contributed by atoms with van der Waals surface area (Å²) in [5.74, 6) is 1.09. The van der Waals surface area contributed by atoms with Crippen molar-refractivity contribution in [2.24, 2.45) is 5.92 Å². The van der Waals surface area contributed by atoms with Gasteiger partial charge >= 0.3 is 12.0 Å². The second kappa shape index (κ2) is 8.86. The van der Waals surface area contributed by atoms with E-state index in [4.69, 9.17) is 14.2 Å². The normalized spacial score (nSPS) is 15.8. The number of nitrogens with zero attached hydrogens (tertiary/aromatic N) is 1. The van der Waals surface area contributed by atoms with Crippen molar-refractivity contribution in [1.29, 1.82) is 0 Å². The Labute approximate surface area is 170 Å². The van der Waals surface area contributed by atoms with Crippen LogP contribution in [-0.2, 0) is 11.3 Å². The fourth-order valence-corrected chi connectivity index (χ4v) is 3.11. The van der Waals surface area contributed by atoms with Crippen molar-refractivity contribution in [3.05, 3.63) is 53.6 Å². The van der Waals surface area contributed by atoms with Gasteiger partial charge in [-0.2, -0.15) is 0 Å². The molecule has 0 saturated carbocycles. The largest absolute Gasteiger partial charge is 0.497 e. The van der Waals surface area contributed by atoms with Gasteiger partial charge in [0.25, 0.3) is 0 Å². The Balaban J connectivity index is 1.83. The Morgan fingerprint density at radius 1 is 1.14 bits per heavy atom. The fraction of sp³-hybridized carbons (Fsp3) is 0.364. The van der Waals surface area contributed by atoms with E-state index in [1.54, 1.807) is 54.5 Å². The number of hydrogen-bond acceptors (Lipinski definition) is 5. The van der Waals surface area contributed by atoms with Crippen molar-refractivity contribution in [3.63, 3.8) is 0 Å². The second-order valence-electron chi connectivity index (χ2n) is 7.25. The molecule has 0 radical (unpaired) electrons. The number of methoxy groups -OCH3 is 2. The Bertz CT molecular complexity index is 879. The van der Waals surface area contributed by atoms with Gasteiger partial charge in [0.05, 0.1) is 32.9 Å². The van der Waals surface area contributed by atoms with Crippen molar-refractivity contribution in [2.75, 3.05) is 26.1 Å². The number of nitrogens with one attached hydrogen (secondary N) is 1. The molecule has 1 heterocycles. The molecule has 1 aliphatic heterocycles. The lowest BCUT2D eigenvalue weighted by Gasteiger charge is -2.26. The molecule has 0 saturated heterocycles. The minimum absolute atomic E-state index is 0.180. The third-order valence-corrected chi connectivity index (χ3v) is 4.90. The van der Waals surface area contributed by atoms with E-state index in [-0.39, 0.29) is 18.1 Å². The molecule has 0 aromatic heterocycles. The first-order valence-corrected chi connectivity index (χ1v) is 9.49. The molecule has 0 unspecified atom stereocenters. The van der Waals surface area contributed by atoms with Gasteiger partial charge in [0.15, 0.2) is 0 Å². The average Bonchev–Trinajstić information content (AvgIpc) is 2.93. The summed E-state index contributed by atoms with van der Waals surface area (Å²) in [4.78, 5) is 26.5. The zero-order valence-corrected chi connectivity index (χ0v) is 17.1. The van der Waals surface area contributed by atoms with E-state index in [0.29, 0.717) is 30.1 Å². The molecule has 3 rings (SSSR count). The van der Waals surface area contributed by atoms with Crippen LogP contribution in [0.2, 0.25) is 0 Å². The monoisotopic (exact) mass is 398 g/mol. The quantitative estimate of drug-likeness (QED) is 0.790. The van der Waals surface area contributed by atoms with Gasteiger partial charge in [-0.05, 0) is 42.3 Å². The minimum atomic E-state index is -0.421. The zero-order chi connectivity index (χ0) is 21.0. The number of carbonyl (C=O) groups excluding carboxylic acids is 2. The van der Waals surface area contributed by atoms with E-state index in [1.165, 1.54) is 7.11 Å². The standard InChI is InChI=1S/C22H26N2O5/c1-14(2)20-13-24(22(26)23-17-7-9-18(27-3)10-8-17)12-16-6-5-15(21(25)28-4)11-19(16)29-20/h5-11,14,20H,12-13H2,1-4H3,(H,23,26)/t20-/m0/s1. The molecular weight excluding hydrogens is 372 g/mol. The van der Waals surface area contributed by atoms with E-state index in [2.05, 4.69) is 5.32 Å². The maximum Gasteiger partial charge on any atom is 0.337 e. The number of esters is 1. The lowest BCUT2D eigenvalue weighted by Crippen LogP contribution is -2.41. The summed E-state index contributed by atoms with van der Waals surface area (Å²) in [7, 11) is 2.94. The highest BCUT2D eigenvalue weighted by molar-refractivity contribution is 5.90. The van der Waals surface area contributed by atoms with Crippen LogP contribution in [0.15, 0.2) is 42.5 Å². The van der Waals surface area contributed by atoms with Crippen LogP contribution >= 0.6 is 0 Å². The second-order valence-corrected chi connectivity index (χ2v) is 7.25. The molecule has 0 fully saturated rings. The third-order valence-electron chi connectivity index (χ3n) is 4.90. The number of benzene rings is 2. The topological polar surface area (TPSA) is 77.1 Å². The van der Waals surface area contributed by atoms with Gasteiger partial charge in [0.2, 0.25) is 0 Å². The maximum atomic E-state index is 12.9. The molecule has 7 nitrogen and oxygen atoms in total. The predicted molar refractivity (Wildman–Crippen MR) is 109 cm³/mol. The SMILES string of the molecule is COC(=O)c1ccc2c(c1)O[C@H](C(C)C)CN(C(=O)Nc1ccc(OC)cc1)C2. The molecule has 0 aliphatic carbocycles. The molecule has 2 aromatic rings. The molecule has 2 aromatic carbocycles. The Morgan fingerprint density at radius 2 is 1.86 bits per heavy atom. The van der Waals surface area contributed by atoms with E-state index < -0.39 is 5.97 Å². The fourth-order valence-electron chi connectivity index (χ4n) is 3.11. The van der Waals surface area contributed by atoms with Gasteiger partial charge in [0, 0.05) is 11.3 Å². The van der Waals surface area contributed by atoms with Crippen molar-refractivity contribution in [1.82, 2.24) is 4.90 Å². The maximum absolute atomic E-state index is 12.9. The highest BCUT2D eigenvalue weighted by Crippen LogP contribution is 2.29. The number of anilines is 1. The number of ether oxygens (including phenoxy) is 3. The zero-order valence-electron chi connectivity index (χ0n) is 17.1. The van der Waals surface area contributed by atoms with Crippen LogP contribution in [0.4, 0.5) is 10.5 Å². The van der Waals surface area contributed by atoms with E-state index in [9.17, 15) is 9.59 Å². The molecule has 2 amide bonds. The first kappa shape index (κ1) is 20.5. The van der Waals surface area contributed by atoms with Gasteiger partial charge in [-0.25, -0.2) is 9.59 Å².